The van der Waals surface area contributed by atoms with Gasteiger partial charge in [0.05, 0.1) is 0 Å². The summed E-state index contributed by atoms with van der Waals surface area (Å²) in [5.41, 5.74) is 6.03. The van der Waals surface area contributed by atoms with Crippen LogP contribution < -0.4 is 11.1 Å². The third kappa shape index (κ3) is 4.45. The number of amides is 1. The Morgan fingerprint density at radius 1 is 1.05 bits per heavy atom. The number of carbonyl (C=O) groups excluding carboxylic acids is 1. The van der Waals surface area contributed by atoms with Gasteiger partial charge in [0.1, 0.15) is 0 Å². The van der Waals surface area contributed by atoms with Crippen molar-refractivity contribution in [3.63, 3.8) is 0 Å². The quantitative estimate of drug-likeness (QED) is 0.837. The molecule has 0 saturated heterocycles. The van der Waals surface area contributed by atoms with E-state index in [2.05, 4.69) is 26.1 Å². The molecule has 1 amide bonds. The molecule has 0 radical (unpaired) electrons. The highest BCUT2D eigenvalue weighted by Gasteiger charge is 2.36. The van der Waals surface area contributed by atoms with Crippen molar-refractivity contribution in [3.8, 4) is 0 Å². The van der Waals surface area contributed by atoms with Gasteiger partial charge in [-0.3, -0.25) is 4.79 Å². The van der Waals surface area contributed by atoms with Crippen LogP contribution in [0, 0.1) is 23.2 Å². The number of nitrogens with one attached hydrogen (secondary N) is 1. The standard InChI is InChI=1S/C18H34N2O/c1-18(2,3)15-6-4-5-7-16(15)20-17(21)14-10-8-13(12-19)9-11-14/h13-16H,4-12,19H2,1-3H3,(H,20,21). The van der Waals surface area contributed by atoms with E-state index in [9.17, 15) is 4.79 Å². The Labute approximate surface area is 130 Å². The molecular weight excluding hydrogens is 260 g/mol. The van der Waals surface area contributed by atoms with Crippen LogP contribution in [-0.2, 0) is 4.79 Å². The summed E-state index contributed by atoms with van der Waals surface area (Å²) in [6.07, 6.45) is 9.30. The van der Waals surface area contributed by atoms with Crippen LogP contribution in [0.5, 0.6) is 0 Å². The number of nitrogens with two attached hydrogens (primary N) is 1. The van der Waals surface area contributed by atoms with Crippen molar-refractivity contribution < 1.29 is 4.79 Å². The molecule has 2 fully saturated rings. The van der Waals surface area contributed by atoms with Gasteiger partial charge in [0.15, 0.2) is 0 Å². The first-order valence-electron chi connectivity index (χ1n) is 8.92. The zero-order valence-corrected chi connectivity index (χ0v) is 14.2. The molecular formula is C18H34N2O. The van der Waals surface area contributed by atoms with Gasteiger partial charge in [-0.1, -0.05) is 33.6 Å². The summed E-state index contributed by atoms with van der Waals surface area (Å²) in [7, 11) is 0. The first kappa shape index (κ1) is 16.8. The van der Waals surface area contributed by atoms with Crippen molar-refractivity contribution in [2.45, 2.75) is 78.2 Å². The van der Waals surface area contributed by atoms with Gasteiger partial charge in [0.25, 0.3) is 0 Å². The Balaban J connectivity index is 1.89. The molecule has 2 rings (SSSR count). The molecule has 0 spiro atoms. The molecule has 0 aliphatic heterocycles. The molecule has 2 atom stereocenters. The fourth-order valence-electron chi connectivity index (χ4n) is 4.30. The minimum atomic E-state index is 0.232. The van der Waals surface area contributed by atoms with Crippen molar-refractivity contribution in [2.75, 3.05) is 6.54 Å². The number of hydrogen-bond donors (Lipinski definition) is 2. The lowest BCUT2D eigenvalue weighted by atomic mass is 9.69. The maximum absolute atomic E-state index is 12.6. The highest BCUT2D eigenvalue weighted by molar-refractivity contribution is 5.79. The second-order valence-electron chi connectivity index (χ2n) is 8.33. The molecule has 2 aliphatic rings. The molecule has 122 valence electrons. The Kier molecular flexibility index (Phi) is 5.70. The zero-order valence-electron chi connectivity index (χ0n) is 14.2. The lowest BCUT2D eigenvalue weighted by molar-refractivity contribution is -0.128. The van der Waals surface area contributed by atoms with Crippen LogP contribution in [0.4, 0.5) is 0 Å². The number of carbonyl (C=O) groups is 1. The zero-order chi connectivity index (χ0) is 15.5. The van der Waals surface area contributed by atoms with E-state index in [1.807, 2.05) is 0 Å². The van der Waals surface area contributed by atoms with Crippen molar-refractivity contribution in [3.05, 3.63) is 0 Å². The number of rotatable bonds is 3. The summed E-state index contributed by atoms with van der Waals surface area (Å²) >= 11 is 0. The van der Waals surface area contributed by atoms with Crippen LogP contribution in [0.2, 0.25) is 0 Å². The minimum absolute atomic E-state index is 0.232. The van der Waals surface area contributed by atoms with E-state index >= 15 is 0 Å². The van der Waals surface area contributed by atoms with E-state index in [0.29, 0.717) is 23.8 Å². The summed E-state index contributed by atoms with van der Waals surface area (Å²) < 4.78 is 0. The molecule has 3 nitrogen and oxygen atoms in total. The van der Waals surface area contributed by atoms with E-state index < -0.39 is 0 Å². The molecule has 0 aromatic rings. The van der Waals surface area contributed by atoms with Gasteiger partial charge in [-0.15, -0.1) is 0 Å². The fraction of sp³-hybridized carbons (Fsp3) is 0.944. The van der Waals surface area contributed by atoms with Crippen LogP contribution in [-0.4, -0.2) is 18.5 Å². The maximum atomic E-state index is 12.6. The van der Waals surface area contributed by atoms with Crippen LogP contribution in [0.1, 0.15) is 72.1 Å². The van der Waals surface area contributed by atoms with Gasteiger partial charge in [-0.25, -0.2) is 0 Å². The predicted octanol–water partition coefficient (Wildman–Crippen LogP) is 3.47. The second-order valence-corrected chi connectivity index (χ2v) is 8.33. The summed E-state index contributed by atoms with van der Waals surface area (Å²) in [6, 6.07) is 0.387. The van der Waals surface area contributed by atoms with Crippen LogP contribution in [0.15, 0.2) is 0 Å². The second kappa shape index (κ2) is 7.13. The molecule has 2 aliphatic carbocycles. The minimum Gasteiger partial charge on any atom is -0.353 e. The van der Waals surface area contributed by atoms with Gasteiger partial charge in [0, 0.05) is 12.0 Å². The molecule has 0 heterocycles. The monoisotopic (exact) mass is 294 g/mol. The van der Waals surface area contributed by atoms with Crippen molar-refractivity contribution in [1.82, 2.24) is 5.32 Å². The van der Waals surface area contributed by atoms with E-state index in [1.165, 1.54) is 19.3 Å². The Morgan fingerprint density at radius 2 is 1.67 bits per heavy atom. The summed E-state index contributed by atoms with van der Waals surface area (Å²) in [4.78, 5) is 12.6. The van der Waals surface area contributed by atoms with Crippen LogP contribution >= 0.6 is 0 Å². The van der Waals surface area contributed by atoms with Gasteiger partial charge in [-0.2, -0.15) is 0 Å². The smallest absolute Gasteiger partial charge is 0.223 e. The van der Waals surface area contributed by atoms with E-state index in [0.717, 1.165) is 38.6 Å². The highest BCUT2D eigenvalue weighted by atomic mass is 16.1. The Bertz CT molecular complexity index is 340. The van der Waals surface area contributed by atoms with Crippen molar-refractivity contribution in [2.24, 2.45) is 28.9 Å². The third-order valence-corrected chi connectivity index (χ3v) is 5.76. The molecule has 0 aromatic heterocycles. The molecule has 21 heavy (non-hydrogen) atoms. The van der Waals surface area contributed by atoms with E-state index in [-0.39, 0.29) is 11.3 Å². The van der Waals surface area contributed by atoms with Crippen LogP contribution in [0.3, 0.4) is 0 Å². The van der Waals surface area contributed by atoms with E-state index in [4.69, 9.17) is 5.73 Å². The lowest BCUT2D eigenvalue weighted by Crippen LogP contribution is -2.48. The Hall–Kier alpha value is -0.570. The third-order valence-electron chi connectivity index (χ3n) is 5.76. The SMILES string of the molecule is CC(C)(C)C1CCCCC1NC(=O)C1CCC(CN)CC1. The van der Waals surface area contributed by atoms with Crippen molar-refractivity contribution in [1.29, 1.82) is 0 Å². The first-order chi connectivity index (χ1) is 9.91. The average Bonchev–Trinajstić information content (AvgIpc) is 2.47. The van der Waals surface area contributed by atoms with Gasteiger partial charge in [0.2, 0.25) is 5.91 Å². The normalized spacial score (nSPS) is 34.5. The highest BCUT2D eigenvalue weighted by Crippen LogP contribution is 2.38. The topological polar surface area (TPSA) is 55.1 Å². The Morgan fingerprint density at radius 3 is 2.24 bits per heavy atom. The van der Waals surface area contributed by atoms with Crippen molar-refractivity contribution >= 4 is 5.91 Å². The molecule has 3 N–H and O–H groups in total. The van der Waals surface area contributed by atoms with Gasteiger partial charge in [-0.05, 0) is 62.3 Å². The molecule has 0 bridgehead atoms. The molecule has 2 unspecified atom stereocenters. The number of hydrogen-bond acceptors (Lipinski definition) is 2. The summed E-state index contributed by atoms with van der Waals surface area (Å²) in [5, 5.41) is 3.41. The van der Waals surface area contributed by atoms with Gasteiger partial charge >= 0.3 is 0 Å². The average molecular weight is 294 g/mol. The lowest BCUT2D eigenvalue weighted by Gasteiger charge is -2.41. The predicted molar refractivity (Wildman–Crippen MR) is 87.8 cm³/mol. The maximum Gasteiger partial charge on any atom is 0.223 e. The summed E-state index contributed by atoms with van der Waals surface area (Å²) in [5.74, 6) is 1.81. The van der Waals surface area contributed by atoms with Gasteiger partial charge < -0.3 is 11.1 Å². The molecule has 3 heteroatoms. The largest absolute Gasteiger partial charge is 0.353 e. The molecule has 0 aromatic carbocycles. The fourth-order valence-corrected chi connectivity index (χ4v) is 4.30. The molecule has 2 saturated carbocycles. The van der Waals surface area contributed by atoms with Crippen LogP contribution in [0.25, 0.3) is 0 Å². The van der Waals surface area contributed by atoms with E-state index in [1.54, 1.807) is 0 Å². The first-order valence-corrected chi connectivity index (χ1v) is 8.92. The summed E-state index contributed by atoms with van der Waals surface area (Å²) in [6.45, 7) is 7.72.